The number of rotatable bonds is 4. The van der Waals surface area contributed by atoms with Gasteiger partial charge in [-0.05, 0) is 54.7 Å². The van der Waals surface area contributed by atoms with Crippen molar-refractivity contribution >= 4 is 11.9 Å². The van der Waals surface area contributed by atoms with Crippen molar-refractivity contribution < 1.29 is 19.4 Å². The van der Waals surface area contributed by atoms with Crippen molar-refractivity contribution in [3.63, 3.8) is 0 Å². The number of ether oxygens (including phenoxy) is 1. The molecule has 1 aromatic rings. The van der Waals surface area contributed by atoms with E-state index in [0.29, 0.717) is 19.0 Å². The van der Waals surface area contributed by atoms with Crippen LogP contribution in [-0.2, 0) is 9.59 Å². The number of hydrogen-bond acceptors (Lipinski definition) is 3. The molecular weight excluding hydrogens is 306 g/mol. The molecule has 24 heavy (non-hydrogen) atoms. The van der Waals surface area contributed by atoms with Crippen LogP contribution in [0.5, 0.6) is 5.75 Å². The molecule has 1 heterocycles. The summed E-state index contributed by atoms with van der Waals surface area (Å²) < 4.78 is 5.26. The van der Waals surface area contributed by atoms with Gasteiger partial charge >= 0.3 is 5.97 Å². The Labute approximate surface area is 141 Å². The van der Waals surface area contributed by atoms with Crippen LogP contribution >= 0.6 is 0 Å². The summed E-state index contributed by atoms with van der Waals surface area (Å²) in [5.41, 5.74) is 1.16. The van der Waals surface area contributed by atoms with Gasteiger partial charge in [-0.15, -0.1) is 0 Å². The SMILES string of the molecule is COc1cccc(C2CC2C(=O)N2CCC3(CC2)CC3C(=O)O)c1. The molecule has 0 bridgehead atoms. The summed E-state index contributed by atoms with van der Waals surface area (Å²) in [4.78, 5) is 25.8. The van der Waals surface area contributed by atoms with Gasteiger partial charge in [-0.25, -0.2) is 0 Å². The number of likely N-dealkylation sites (tertiary alicyclic amines) is 1. The first kappa shape index (κ1) is 15.5. The van der Waals surface area contributed by atoms with Crippen LogP contribution in [-0.4, -0.2) is 42.1 Å². The van der Waals surface area contributed by atoms with E-state index in [9.17, 15) is 9.59 Å². The lowest BCUT2D eigenvalue weighted by atomic mass is 9.90. The van der Waals surface area contributed by atoms with Crippen molar-refractivity contribution in [1.82, 2.24) is 4.90 Å². The monoisotopic (exact) mass is 329 g/mol. The maximum absolute atomic E-state index is 12.7. The number of benzene rings is 1. The molecule has 1 saturated heterocycles. The Bertz CT molecular complexity index is 678. The minimum absolute atomic E-state index is 0.0155. The van der Waals surface area contributed by atoms with Crippen LogP contribution in [0, 0.1) is 17.3 Å². The molecule has 3 unspecified atom stereocenters. The van der Waals surface area contributed by atoms with Crippen LogP contribution in [0.4, 0.5) is 0 Å². The fourth-order valence-corrected chi connectivity index (χ4v) is 4.36. The van der Waals surface area contributed by atoms with Gasteiger partial charge in [0.2, 0.25) is 5.91 Å². The highest BCUT2D eigenvalue weighted by Crippen LogP contribution is 2.60. The van der Waals surface area contributed by atoms with E-state index in [-0.39, 0.29) is 23.2 Å². The van der Waals surface area contributed by atoms with Gasteiger partial charge < -0.3 is 14.7 Å². The quantitative estimate of drug-likeness (QED) is 0.922. The number of carbonyl (C=O) groups excluding carboxylic acids is 1. The van der Waals surface area contributed by atoms with Crippen molar-refractivity contribution in [2.75, 3.05) is 20.2 Å². The summed E-state index contributed by atoms with van der Waals surface area (Å²) in [5, 5.41) is 9.16. The second-order valence-corrected chi connectivity index (χ2v) is 7.51. The Hall–Kier alpha value is -2.04. The van der Waals surface area contributed by atoms with E-state index in [1.807, 2.05) is 23.1 Å². The average molecular weight is 329 g/mol. The molecule has 5 heteroatoms. The summed E-state index contributed by atoms with van der Waals surface area (Å²) in [6, 6.07) is 7.97. The number of amides is 1. The number of nitrogens with zero attached hydrogens (tertiary/aromatic N) is 1. The van der Waals surface area contributed by atoms with Crippen molar-refractivity contribution in [3.8, 4) is 5.75 Å². The molecule has 3 atom stereocenters. The van der Waals surface area contributed by atoms with E-state index in [1.165, 1.54) is 5.56 Å². The number of piperidine rings is 1. The van der Waals surface area contributed by atoms with Crippen molar-refractivity contribution in [3.05, 3.63) is 29.8 Å². The molecule has 3 fully saturated rings. The third-order valence-electron chi connectivity index (χ3n) is 6.19. The lowest BCUT2D eigenvalue weighted by molar-refractivity contribution is -0.140. The highest BCUT2D eigenvalue weighted by molar-refractivity contribution is 5.83. The number of aliphatic carboxylic acids is 1. The molecular formula is C19H23NO4. The zero-order chi connectivity index (χ0) is 16.9. The van der Waals surface area contributed by atoms with E-state index < -0.39 is 5.97 Å². The minimum atomic E-state index is -0.671. The van der Waals surface area contributed by atoms with Gasteiger partial charge in [0.1, 0.15) is 5.75 Å². The van der Waals surface area contributed by atoms with Gasteiger partial charge in [-0.2, -0.15) is 0 Å². The Morgan fingerprint density at radius 3 is 2.67 bits per heavy atom. The zero-order valence-electron chi connectivity index (χ0n) is 13.9. The smallest absolute Gasteiger partial charge is 0.307 e. The van der Waals surface area contributed by atoms with E-state index in [2.05, 4.69) is 6.07 Å². The Balaban J connectivity index is 1.34. The number of carboxylic acids is 1. The van der Waals surface area contributed by atoms with E-state index in [0.717, 1.165) is 31.4 Å². The number of hydrogen-bond donors (Lipinski definition) is 1. The molecule has 128 valence electrons. The first-order valence-corrected chi connectivity index (χ1v) is 8.70. The summed E-state index contributed by atoms with van der Waals surface area (Å²) in [6.45, 7) is 1.42. The second kappa shape index (κ2) is 5.50. The van der Waals surface area contributed by atoms with Gasteiger partial charge in [0, 0.05) is 19.0 Å². The summed E-state index contributed by atoms with van der Waals surface area (Å²) in [6.07, 6.45) is 3.38. The highest BCUT2D eigenvalue weighted by Gasteiger charge is 2.59. The van der Waals surface area contributed by atoms with Crippen LogP contribution in [0.1, 0.15) is 37.2 Å². The molecule has 5 nitrogen and oxygen atoms in total. The molecule has 0 aromatic heterocycles. The highest BCUT2D eigenvalue weighted by atomic mass is 16.5. The second-order valence-electron chi connectivity index (χ2n) is 7.51. The lowest BCUT2D eigenvalue weighted by Crippen LogP contribution is -2.41. The molecule has 2 aliphatic carbocycles. The molecule has 1 spiro atoms. The Kier molecular flexibility index (Phi) is 3.55. The van der Waals surface area contributed by atoms with Crippen molar-refractivity contribution in [2.24, 2.45) is 17.3 Å². The predicted octanol–water partition coefficient (Wildman–Crippen LogP) is 2.51. The van der Waals surface area contributed by atoms with Crippen LogP contribution in [0.2, 0.25) is 0 Å². The average Bonchev–Trinajstić information content (AvgIpc) is 3.50. The van der Waals surface area contributed by atoms with E-state index >= 15 is 0 Å². The summed E-state index contributed by atoms with van der Waals surface area (Å²) in [5.74, 6) is 0.608. The third-order valence-corrected chi connectivity index (χ3v) is 6.19. The van der Waals surface area contributed by atoms with Crippen LogP contribution in [0.15, 0.2) is 24.3 Å². The normalized spacial score (nSPS) is 30.0. The molecule has 1 N–H and O–H groups in total. The van der Waals surface area contributed by atoms with Crippen molar-refractivity contribution in [1.29, 1.82) is 0 Å². The van der Waals surface area contributed by atoms with Crippen molar-refractivity contribution in [2.45, 2.75) is 31.6 Å². The molecule has 2 saturated carbocycles. The topological polar surface area (TPSA) is 66.8 Å². The standard InChI is InChI=1S/C19H23NO4/c1-24-13-4-2-3-12(9-13)14-10-15(14)17(21)20-7-5-19(6-8-20)11-16(19)18(22)23/h2-4,9,14-16H,5-8,10-11H2,1H3,(H,22,23). The number of carbonyl (C=O) groups is 2. The molecule has 1 amide bonds. The third kappa shape index (κ3) is 2.56. The van der Waals surface area contributed by atoms with Gasteiger partial charge in [0.15, 0.2) is 0 Å². The van der Waals surface area contributed by atoms with Gasteiger partial charge in [-0.1, -0.05) is 12.1 Å². The maximum Gasteiger partial charge on any atom is 0.307 e. The molecule has 1 aromatic carbocycles. The summed E-state index contributed by atoms with van der Waals surface area (Å²) >= 11 is 0. The summed E-state index contributed by atoms with van der Waals surface area (Å²) in [7, 11) is 1.65. The fourth-order valence-electron chi connectivity index (χ4n) is 4.36. The molecule has 4 rings (SSSR count). The first-order chi connectivity index (χ1) is 11.5. The zero-order valence-corrected chi connectivity index (χ0v) is 13.9. The van der Waals surface area contributed by atoms with Gasteiger partial charge in [-0.3, -0.25) is 9.59 Å². The van der Waals surface area contributed by atoms with Gasteiger partial charge in [0.05, 0.1) is 13.0 Å². The maximum atomic E-state index is 12.7. The Morgan fingerprint density at radius 1 is 1.29 bits per heavy atom. The van der Waals surface area contributed by atoms with Crippen LogP contribution < -0.4 is 4.74 Å². The lowest BCUT2D eigenvalue weighted by Gasteiger charge is -2.33. The van der Waals surface area contributed by atoms with Crippen LogP contribution in [0.25, 0.3) is 0 Å². The minimum Gasteiger partial charge on any atom is -0.497 e. The van der Waals surface area contributed by atoms with Gasteiger partial charge in [0.25, 0.3) is 0 Å². The predicted molar refractivity (Wildman–Crippen MR) is 87.8 cm³/mol. The fraction of sp³-hybridized carbons (Fsp3) is 0.579. The molecule has 1 aliphatic heterocycles. The molecule has 3 aliphatic rings. The van der Waals surface area contributed by atoms with Crippen LogP contribution in [0.3, 0.4) is 0 Å². The number of carboxylic acid groups (broad SMARTS) is 1. The molecule has 0 radical (unpaired) electrons. The number of methoxy groups -OCH3 is 1. The van der Waals surface area contributed by atoms with E-state index in [1.54, 1.807) is 7.11 Å². The Morgan fingerprint density at radius 2 is 2.04 bits per heavy atom. The largest absolute Gasteiger partial charge is 0.497 e. The van der Waals surface area contributed by atoms with E-state index in [4.69, 9.17) is 9.84 Å². The first-order valence-electron chi connectivity index (χ1n) is 8.70.